The van der Waals surface area contributed by atoms with E-state index in [1.54, 1.807) is 24.5 Å². The molecule has 0 radical (unpaired) electrons. The zero-order chi connectivity index (χ0) is 18.6. The van der Waals surface area contributed by atoms with Crippen molar-refractivity contribution in [2.24, 2.45) is 0 Å². The Bertz CT molecular complexity index is 731. The molecule has 1 atom stereocenters. The van der Waals surface area contributed by atoms with E-state index in [-0.39, 0.29) is 4.88 Å². The van der Waals surface area contributed by atoms with Gasteiger partial charge >= 0.3 is 6.18 Å². The lowest BCUT2D eigenvalue weighted by atomic mass is 10.2. The summed E-state index contributed by atoms with van der Waals surface area (Å²) in [5, 5.41) is 6.05. The van der Waals surface area contributed by atoms with Gasteiger partial charge in [0, 0.05) is 50.7 Å². The van der Waals surface area contributed by atoms with E-state index in [9.17, 15) is 18.0 Å². The average molecular weight is 385 g/mol. The smallest absolute Gasteiger partial charge is 0.349 e. The first-order valence-corrected chi connectivity index (χ1v) is 8.92. The minimum atomic E-state index is -4.40. The van der Waals surface area contributed by atoms with E-state index in [0.29, 0.717) is 31.2 Å². The number of amides is 1. The standard InChI is InChI=1S/C16H18F3N5OS/c17-16(18,19)13(24-7-5-21-6-8-24)10-22-14(25)12-9-23-15(26-12)11-1-3-20-4-2-11/h1-4,9,13,21H,5-8,10H2,(H,22,25). The van der Waals surface area contributed by atoms with Crippen LogP contribution in [0.1, 0.15) is 9.67 Å². The van der Waals surface area contributed by atoms with Gasteiger partial charge in [-0.1, -0.05) is 0 Å². The Morgan fingerprint density at radius 2 is 2.00 bits per heavy atom. The summed E-state index contributed by atoms with van der Waals surface area (Å²) in [6.07, 6.45) is 0.194. The molecule has 0 aliphatic carbocycles. The van der Waals surface area contributed by atoms with Crippen molar-refractivity contribution in [1.29, 1.82) is 0 Å². The third-order valence-electron chi connectivity index (χ3n) is 4.08. The molecule has 140 valence electrons. The SMILES string of the molecule is O=C(NCC(N1CCNCC1)C(F)(F)F)c1cnc(-c2ccncc2)s1. The van der Waals surface area contributed by atoms with Crippen LogP contribution >= 0.6 is 11.3 Å². The Kier molecular flexibility index (Phi) is 5.84. The van der Waals surface area contributed by atoms with Crippen molar-refractivity contribution in [1.82, 2.24) is 25.5 Å². The summed E-state index contributed by atoms with van der Waals surface area (Å²) in [5.41, 5.74) is 0.804. The third kappa shape index (κ3) is 4.57. The number of piperazine rings is 1. The summed E-state index contributed by atoms with van der Waals surface area (Å²) in [6, 6.07) is 1.82. The van der Waals surface area contributed by atoms with E-state index in [1.165, 1.54) is 11.1 Å². The Labute approximate surface area is 152 Å². The largest absolute Gasteiger partial charge is 0.405 e. The van der Waals surface area contributed by atoms with Crippen molar-refractivity contribution in [3.63, 3.8) is 0 Å². The number of nitrogens with one attached hydrogen (secondary N) is 2. The highest BCUT2D eigenvalue weighted by atomic mass is 32.1. The lowest BCUT2D eigenvalue weighted by molar-refractivity contribution is -0.183. The predicted molar refractivity (Wildman–Crippen MR) is 92.0 cm³/mol. The Balaban J connectivity index is 1.64. The summed E-state index contributed by atoms with van der Waals surface area (Å²) in [6.45, 7) is 1.12. The number of carbonyl (C=O) groups is 1. The Morgan fingerprint density at radius 1 is 1.31 bits per heavy atom. The molecule has 10 heteroatoms. The number of nitrogens with zero attached hydrogens (tertiary/aromatic N) is 3. The first-order valence-electron chi connectivity index (χ1n) is 8.11. The maximum absolute atomic E-state index is 13.4. The third-order valence-corrected chi connectivity index (χ3v) is 5.13. The molecule has 1 aliphatic heterocycles. The highest BCUT2D eigenvalue weighted by Crippen LogP contribution is 2.26. The first kappa shape index (κ1) is 18.7. The normalized spacial score (nSPS) is 17.0. The van der Waals surface area contributed by atoms with Crippen LogP contribution in [0.2, 0.25) is 0 Å². The van der Waals surface area contributed by atoms with Gasteiger partial charge in [0.05, 0.1) is 6.20 Å². The summed E-state index contributed by atoms with van der Waals surface area (Å²) >= 11 is 1.13. The first-order chi connectivity index (χ1) is 12.4. The summed E-state index contributed by atoms with van der Waals surface area (Å²) < 4.78 is 40.1. The van der Waals surface area contributed by atoms with E-state index in [2.05, 4.69) is 20.6 Å². The molecule has 2 aromatic heterocycles. The van der Waals surface area contributed by atoms with Crippen molar-refractivity contribution in [3.8, 4) is 10.6 Å². The number of rotatable bonds is 5. The fraction of sp³-hybridized carbons (Fsp3) is 0.438. The number of carbonyl (C=O) groups excluding carboxylic acids is 1. The van der Waals surface area contributed by atoms with Gasteiger partial charge in [-0.15, -0.1) is 11.3 Å². The van der Waals surface area contributed by atoms with Crippen molar-refractivity contribution < 1.29 is 18.0 Å². The molecular formula is C16H18F3N5OS. The number of hydrogen-bond donors (Lipinski definition) is 2. The summed E-state index contributed by atoms with van der Waals surface area (Å²) in [4.78, 5) is 22.0. The van der Waals surface area contributed by atoms with Gasteiger partial charge in [0.15, 0.2) is 0 Å². The summed E-state index contributed by atoms with van der Waals surface area (Å²) in [7, 11) is 0. The van der Waals surface area contributed by atoms with E-state index < -0.39 is 24.7 Å². The van der Waals surface area contributed by atoms with E-state index in [1.807, 2.05) is 0 Å². The highest BCUT2D eigenvalue weighted by molar-refractivity contribution is 7.16. The van der Waals surface area contributed by atoms with Crippen LogP contribution in [-0.2, 0) is 0 Å². The molecule has 6 nitrogen and oxygen atoms in total. The van der Waals surface area contributed by atoms with Crippen LogP contribution in [-0.4, -0.2) is 65.7 Å². The average Bonchev–Trinajstić information content (AvgIpc) is 3.12. The van der Waals surface area contributed by atoms with Crippen molar-refractivity contribution in [3.05, 3.63) is 35.6 Å². The van der Waals surface area contributed by atoms with Crippen LogP contribution in [0.25, 0.3) is 10.6 Å². The maximum Gasteiger partial charge on any atom is 0.405 e. The number of hydrogen-bond acceptors (Lipinski definition) is 6. The number of thiazole rings is 1. The molecule has 3 heterocycles. The molecular weight excluding hydrogens is 367 g/mol. The van der Waals surface area contributed by atoms with Gasteiger partial charge in [-0.25, -0.2) is 4.98 Å². The van der Waals surface area contributed by atoms with E-state index in [0.717, 1.165) is 16.9 Å². The van der Waals surface area contributed by atoms with Gasteiger partial charge in [0.2, 0.25) is 0 Å². The van der Waals surface area contributed by atoms with Crippen LogP contribution in [0.15, 0.2) is 30.7 Å². The fourth-order valence-electron chi connectivity index (χ4n) is 2.73. The molecule has 2 aromatic rings. The molecule has 0 saturated carbocycles. The van der Waals surface area contributed by atoms with Crippen LogP contribution in [0.5, 0.6) is 0 Å². The van der Waals surface area contributed by atoms with E-state index >= 15 is 0 Å². The summed E-state index contributed by atoms with van der Waals surface area (Å²) in [5.74, 6) is -0.549. The minimum absolute atomic E-state index is 0.276. The number of pyridine rings is 1. The van der Waals surface area contributed by atoms with Crippen LogP contribution in [0, 0.1) is 0 Å². The quantitative estimate of drug-likeness (QED) is 0.821. The van der Waals surface area contributed by atoms with Crippen LogP contribution < -0.4 is 10.6 Å². The Morgan fingerprint density at radius 3 is 2.65 bits per heavy atom. The second-order valence-electron chi connectivity index (χ2n) is 5.82. The second-order valence-corrected chi connectivity index (χ2v) is 6.85. The van der Waals surface area contributed by atoms with Crippen molar-refractivity contribution in [2.75, 3.05) is 32.7 Å². The monoisotopic (exact) mass is 385 g/mol. The fourth-order valence-corrected chi connectivity index (χ4v) is 3.57. The lowest BCUT2D eigenvalue weighted by Crippen LogP contribution is -2.57. The molecule has 1 fully saturated rings. The number of aromatic nitrogens is 2. The molecule has 1 aliphatic rings. The Hall–Kier alpha value is -2.04. The van der Waals surface area contributed by atoms with Gasteiger partial charge in [0.25, 0.3) is 5.91 Å². The molecule has 1 amide bonds. The maximum atomic E-state index is 13.4. The van der Waals surface area contributed by atoms with Crippen molar-refractivity contribution in [2.45, 2.75) is 12.2 Å². The van der Waals surface area contributed by atoms with Crippen molar-refractivity contribution >= 4 is 17.2 Å². The van der Waals surface area contributed by atoms with Gasteiger partial charge in [-0.05, 0) is 12.1 Å². The van der Waals surface area contributed by atoms with Gasteiger partial charge in [0.1, 0.15) is 15.9 Å². The zero-order valence-corrected chi connectivity index (χ0v) is 14.6. The molecule has 2 N–H and O–H groups in total. The molecule has 26 heavy (non-hydrogen) atoms. The molecule has 0 bridgehead atoms. The molecule has 0 spiro atoms. The van der Waals surface area contributed by atoms with Gasteiger partial charge in [-0.2, -0.15) is 13.2 Å². The minimum Gasteiger partial charge on any atom is -0.349 e. The highest BCUT2D eigenvalue weighted by Gasteiger charge is 2.43. The zero-order valence-electron chi connectivity index (χ0n) is 13.8. The number of halogens is 3. The van der Waals surface area contributed by atoms with Crippen LogP contribution in [0.4, 0.5) is 13.2 Å². The van der Waals surface area contributed by atoms with E-state index in [4.69, 9.17) is 0 Å². The predicted octanol–water partition coefficient (Wildman–Crippen LogP) is 1.77. The topological polar surface area (TPSA) is 70.2 Å². The lowest BCUT2D eigenvalue weighted by Gasteiger charge is -2.35. The molecule has 3 rings (SSSR count). The van der Waals surface area contributed by atoms with Gasteiger partial charge < -0.3 is 10.6 Å². The molecule has 0 aromatic carbocycles. The number of alkyl halides is 3. The molecule has 1 unspecified atom stereocenters. The van der Waals surface area contributed by atoms with Crippen LogP contribution in [0.3, 0.4) is 0 Å². The second kappa shape index (κ2) is 8.11. The molecule has 1 saturated heterocycles. The van der Waals surface area contributed by atoms with Gasteiger partial charge in [-0.3, -0.25) is 14.7 Å².